The van der Waals surface area contributed by atoms with Gasteiger partial charge in [-0.1, -0.05) is 29.1 Å². The fraction of sp³-hybridized carbons (Fsp3) is 0.294. The van der Waals surface area contributed by atoms with Gasteiger partial charge in [0.15, 0.2) is 5.13 Å². The molecule has 4 nitrogen and oxygen atoms in total. The number of nitrogens with zero attached hydrogens (tertiary/aromatic N) is 2. The van der Waals surface area contributed by atoms with Gasteiger partial charge in [0.1, 0.15) is 0 Å². The molecule has 0 spiro atoms. The van der Waals surface area contributed by atoms with Gasteiger partial charge in [-0.15, -0.1) is 11.3 Å². The van der Waals surface area contributed by atoms with E-state index in [1.165, 1.54) is 0 Å². The molecule has 1 saturated heterocycles. The molecule has 1 N–H and O–H groups in total. The summed E-state index contributed by atoms with van der Waals surface area (Å²) in [4.78, 5) is 18.7. The molecule has 0 radical (unpaired) electrons. The van der Waals surface area contributed by atoms with Crippen LogP contribution in [0.5, 0.6) is 0 Å². The summed E-state index contributed by atoms with van der Waals surface area (Å²) in [6.07, 6.45) is 0.883. The Hall–Kier alpha value is -1.74. The van der Waals surface area contributed by atoms with Crippen LogP contribution in [-0.4, -0.2) is 30.0 Å². The third-order valence-electron chi connectivity index (χ3n) is 3.64. The topological polar surface area (TPSA) is 45.2 Å². The number of carbonyl (C=O) groups is 1. The van der Waals surface area contributed by atoms with Crippen molar-refractivity contribution in [3.8, 4) is 11.8 Å². The summed E-state index contributed by atoms with van der Waals surface area (Å²) in [7, 11) is 0. The van der Waals surface area contributed by atoms with Crippen LogP contribution in [0, 0.1) is 18.8 Å². The SMILES string of the molecule is Cc1csc(N2CCC(NC(=O)C#Cc3ccc(Cl)cc3Cl)C2)n1. The monoisotopic (exact) mass is 379 g/mol. The lowest BCUT2D eigenvalue weighted by molar-refractivity contribution is -0.116. The summed E-state index contributed by atoms with van der Waals surface area (Å²) in [5.41, 5.74) is 1.61. The molecule has 7 heteroatoms. The molecule has 1 aromatic heterocycles. The van der Waals surface area contributed by atoms with Crippen molar-refractivity contribution < 1.29 is 4.79 Å². The maximum absolute atomic E-state index is 12.0. The Morgan fingerprint density at radius 3 is 3.00 bits per heavy atom. The number of aromatic nitrogens is 1. The van der Waals surface area contributed by atoms with E-state index >= 15 is 0 Å². The highest BCUT2D eigenvalue weighted by molar-refractivity contribution is 7.13. The maximum Gasteiger partial charge on any atom is 0.296 e. The molecule has 1 atom stereocenters. The van der Waals surface area contributed by atoms with Crippen LogP contribution < -0.4 is 10.2 Å². The first-order valence-corrected chi connectivity index (χ1v) is 9.09. The van der Waals surface area contributed by atoms with Crippen LogP contribution in [0.15, 0.2) is 23.6 Å². The number of hydrogen-bond acceptors (Lipinski definition) is 4. The zero-order valence-corrected chi connectivity index (χ0v) is 15.3. The van der Waals surface area contributed by atoms with Gasteiger partial charge in [0.25, 0.3) is 5.91 Å². The highest BCUT2D eigenvalue weighted by Crippen LogP contribution is 2.24. The first-order valence-electron chi connectivity index (χ1n) is 7.46. The minimum Gasteiger partial charge on any atom is -0.346 e. The molecule has 2 aromatic rings. The van der Waals surface area contributed by atoms with E-state index in [1.807, 2.05) is 12.3 Å². The molecule has 1 aliphatic heterocycles. The molecular formula is C17H15Cl2N3OS. The Balaban J connectivity index is 1.57. The lowest BCUT2D eigenvalue weighted by Gasteiger charge is -2.14. The van der Waals surface area contributed by atoms with Crippen LogP contribution >= 0.6 is 34.5 Å². The first kappa shape index (κ1) is 17.1. The van der Waals surface area contributed by atoms with Crippen LogP contribution in [-0.2, 0) is 4.79 Å². The minimum absolute atomic E-state index is 0.0803. The van der Waals surface area contributed by atoms with Gasteiger partial charge in [-0.2, -0.15) is 0 Å². The van der Waals surface area contributed by atoms with Crippen molar-refractivity contribution in [1.29, 1.82) is 0 Å². The Bertz CT molecular complexity index is 825. The van der Waals surface area contributed by atoms with Gasteiger partial charge in [0.2, 0.25) is 0 Å². The third-order valence-corrected chi connectivity index (χ3v) is 5.21. The summed E-state index contributed by atoms with van der Waals surface area (Å²) in [5, 5.41) is 6.95. The van der Waals surface area contributed by atoms with E-state index < -0.39 is 0 Å². The van der Waals surface area contributed by atoms with Gasteiger partial charge in [-0.3, -0.25) is 4.79 Å². The van der Waals surface area contributed by atoms with Gasteiger partial charge in [0, 0.05) is 41.0 Å². The molecule has 1 fully saturated rings. The average molecular weight is 380 g/mol. The first-order chi connectivity index (χ1) is 11.5. The van der Waals surface area contributed by atoms with Crippen molar-refractivity contribution in [2.24, 2.45) is 0 Å². The Morgan fingerprint density at radius 1 is 1.46 bits per heavy atom. The molecule has 24 heavy (non-hydrogen) atoms. The van der Waals surface area contributed by atoms with E-state index in [-0.39, 0.29) is 11.9 Å². The fourth-order valence-electron chi connectivity index (χ4n) is 2.48. The summed E-state index contributed by atoms with van der Waals surface area (Å²) >= 11 is 13.5. The molecule has 3 rings (SSSR count). The molecule has 0 aliphatic carbocycles. The summed E-state index contributed by atoms with van der Waals surface area (Å²) < 4.78 is 0. The third kappa shape index (κ3) is 4.21. The van der Waals surface area contributed by atoms with E-state index in [1.54, 1.807) is 29.5 Å². The second kappa shape index (κ2) is 7.43. The average Bonchev–Trinajstić information content (AvgIpc) is 3.15. The molecule has 0 bridgehead atoms. The number of hydrogen-bond donors (Lipinski definition) is 1. The summed E-state index contributed by atoms with van der Waals surface area (Å²) in [6, 6.07) is 5.08. The molecule has 1 aromatic carbocycles. The van der Waals surface area contributed by atoms with Crippen LogP contribution in [0.1, 0.15) is 17.7 Å². The Morgan fingerprint density at radius 2 is 2.29 bits per heavy atom. The predicted octanol–water partition coefficient (Wildman–Crippen LogP) is 3.50. The minimum atomic E-state index is -0.303. The lowest BCUT2D eigenvalue weighted by Crippen LogP contribution is -2.36. The van der Waals surface area contributed by atoms with Gasteiger partial charge in [0.05, 0.1) is 10.7 Å². The van der Waals surface area contributed by atoms with Crippen LogP contribution in [0.2, 0.25) is 10.0 Å². The van der Waals surface area contributed by atoms with Crippen molar-refractivity contribution in [2.75, 3.05) is 18.0 Å². The molecule has 0 saturated carbocycles. The second-order valence-electron chi connectivity index (χ2n) is 5.55. The van der Waals surface area contributed by atoms with E-state index in [4.69, 9.17) is 23.2 Å². The Kier molecular flexibility index (Phi) is 5.30. The number of nitrogens with one attached hydrogen (secondary N) is 1. The smallest absolute Gasteiger partial charge is 0.296 e. The number of halogens is 2. The molecule has 1 unspecified atom stereocenters. The number of carbonyl (C=O) groups excluding carboxylic acids is 1. The second-order valence-corrected chi connectivity index (χ2v) is 7.23. The molecule has 2 heterocycles. The van der Waals surface area contributed by atoms with E-state index in [9.17, 15) is 4.79 Å². The highest BCUT2D eigenvalue weighted by atomic mass is 35.5. The maximum atomic E-state index is 12.0. The molecule has 1 amide bonds. The van der Waals surface area contributed by atoms with E-state index in [2.05, 4.69) is 27.0 Å². The van der Waals surface area contributed by atoms with Crippen molar-refractivity contribution in [1.82, 2.24) is 10.3 Å². The predicted molar refractivity (Wildman–Crippen MR) is 99.0 cm³/mol. The number of thiazole rings is 1. The number of rotatable bonds is 2. The van der Waals surface area contributed by atoms with Crippen molar-refractivity contribution >= 4 is 45.6 Å². The fourth-order valence-corrected chi connectivity index (χ4v) is 3.77. The summed E-state index contributed by atoms with van der Waals surface area (Å²) in [6.45, 7) is 3.61. The molecular weight excluding hydrogens is 365 g/mol. The number of anilines is 1. The quantitative estimate of drug-likeness (QED) is 0.812. The van der Waals surface area contributed by atoms with Crippen molar-refractivity contribution in [2.45, 2.75) is 19.4 Å². The van der Waals surface area contributed by atoms with Gasteiger partial charge < -0.3 is 10.2 Å². The largest absolute Gasteiger partial charge is 0.346 e. The zero-order valence-electron chi connectivity index (χ0n) is 13.0. The number of amides is 1. The van der Waals surface area contributed by atoms with E-state index in [0.29, 0.717) is 15.6 Å². The Labute approximate surface area is 154 Å². The van der Waals surface area contributed by atoms with E-state index in [0.717, 1.165) is 30.3 Å². The molecule has 124 valence electrons. The lowest BCUT2D eigenvalue weighted by atomic mass is 10.2. The van der Waals surface area contributed by atoms with Gasteiger partial charge in [-0.25, -0.2) is 4.98 Å². The van der Waals surface area contributed by atoms with Crippen molar-refractivity contribution in [3.63, 3.8) is 0 Å². The normalized spacial score (nSPS) is 16.6. The van der Waals surface area contributed by atoms with Gasteiger partial charge >= 0.3 is 0 Å². The summed E-state index contributed by atoms with van der Waals surface area (Å²) in [5.74, 6) is 5.07. The van der Waals surface area contributed by atoms with Crippen LogP contribution in [0.25, 0.3) is 0 Å². The van der Waals surface area contributed by atoms with Crippen molar-refractivity contribution in [3.05, 3.63) is 44.9 Å². The number of benzene rings is 1. The van der Waals surface area contributed by atoms with Crippen LogP contribution in [0.3, 0.4) is 0 Å². The standard InChI is InChI=1S/C17H15Cl2N3OS/c1-11-10-24-17(20-11)22-7-6-14(9-22)21-16(23)5-3-12-2-4-13(18)8-15(12)19/h2,4,8,10,14H,6-7,9H2,1H3,(H,21,23). The van der Waals surface area contributed by atoms with Gasteiger partial charge in [-0.05, 0) is 31.5 Å². The highest BCUT2D eigenvalue weighted by Gasteiger charge is 2.25. The van der Waals surface area contributed by atoms with Crippen LogP contribution in [0.4, 0.5) is 5.13 Å². The number of aryl methyl sites for hydroxylation is 1. The molecule has 1 aliphatic rings. The zero-order chi connectivity index (χ0) is 17.1.